The van der Waals surface area contributed by atoms with Crippen LogP contribution in [0.15, 0.2) is 11.0 Å². The molecule has 126 valence electrons. The molecular weight excluding hydrogens is 314 g/mol. The summed E-state index contributed by atoms with van der Waals surface area (Å²) in [6, 6.07) is 0. The van der Waals surface area contributed by atoms with E-state index in [-0.39, 0.29) is 15.8 Å². The molecule has 1 atom stereocenters. The molecule has 1 saturated heterocycles. The standard InChI is InChI=1S/C15H23N5O2S/c1-14(2,3)20-11-10(8-16-20)12(21)18-13(17-11)19-6-7-23(22)15(4,5)9-19/h8H,6-7,9H2,1-5H3,(H,17,18,21)/t23-/m0/s1. The normalized spacial score (nSPS) is 21.8. The fourth-order valence-electron chi connectivity index (χ4n) is 2.81. The van der Waals surface area contributed by atoms with Crippen molar-refractivity contribution in [3.63, 3.8) is 0 Å². The number of nitrogens with one attached hydrogen (secondary N) is 1. The van der Waals surface area contributed by atoms with Crippen molar-refractivity contribution in [1.29, 1.82) is 0 Å². The minimum Gasteiger partial charge on any atom is -0.340 e. The second-order valence-corrected chi connectivity index (χ2v) is 9.79. The Labute approximate surface area is 137 Å². The van der Waals surface area contributed by atoms with E-state index in [0.29, 0.717) is 35.8 Å². The Hall–Kier alpha value is -1.70. The zero-order valence-corrected chi connectivity index (χ0v) is 15.0. The van der Waals surface area contributed by atoms with Crippen LogP contribution in [0.25, 0.3) is 11.0 Å². The van der Waals surface area contributed by atoms with Gasteiger partial charge in [-0.05, 0) is 34.6 Å². The van der Waals surface area contributed by atoms with E-state index >= 15 is 0 Å². The number of anilines is 1. The van der Waals surface area contributed by atoms with Gasteiger partial charge >= 0.3 is 0 Å². The van der Waals surface area contributed by atoms with Gasteiger partial charge in [-0.2, -0.15) is 10.1 Å². The van der Waals surface area contributed by atoms with Crippen molar-refractivity contribution in [1.82, 2.24) is 19.7 Å². The lowest BCUT2D eigenvalue weighted by molar-refractivity contribution is 0.366. The van der Waals surface area contributed by atoms with Gasteiger partial charge in [0.2, 0.25) is 5.95 Å². The van der Waals surface area contributed by atoms with Gasteiger partial charge in [0.25, 0.3) is 5.56 Å². The number of hydrogen-bond donors (Lipinski definition) is 1. The van der Waals surface area contributed by atoms with Crippen LogP contribution in [0, 0.1) is 0 Å². The van der Waals surface area contributed by atoms with E-state index < -0.39 is 10.8 Å². The number of nitrogens with zero attached hydrogens (tertiary/aromatic N) is 4. The van der Waals surface area contributed by atoms with Crippen molar-refractivity contribution >= 4 is 27.8 Å². The third-order valence-electron chi connectivity index (χ3n) is 4.10. The van der Waals surface area contributed by atoms with Gasteiger partial charge in [0.1, 0.15) is 5.39 Å². The second kappa shape index (κ2) is 5.15. The first-order valence-electron chi connectivity index (χ1n) is 7.71. The molecule has 0 aliphatic carbocycles. The summed E-state index contributed by atoms with van der Waals surface area (Å²) in [7, 11) is -0.867. The van der Waals surface area contributed by atoms with Gasteiger partial charge in [0, 0.05) is 29.6 Å². The lowest BCUT2D eigenvalue weighted by Gasteiger charge is -2.37. The molecule has 0 bridgehead atoms. The molecule has 2 aromatic heterocycles. The smallest absolute Gasteiger partial charge is 0.263 e. The summed E-state index contributed by atoms with van der Waals surface area (Å²) >= 11 is 0. The summed E-state index contributed by atoms with van der Waals surface area (Å²) in [5.74, 6) is 1.10. The predicted octanol–water partition coefficient (Wildman–Crippen LogP) is 1.22. The van der Waals surface area contributed by atoms with Gasteiger partial charge in [-0.25, -0.2) is 4.68 Å². The first-order valence-corrected chi connectivity index (χ1v) is 9.03. The molecule has 3 heterocycles. The van der Waals surface area contributed by atoms with Crippen LogP contribution in [0.5, 0.6) is 0 Å². The lowest BCUT2D eigenvalue weighted by atomic mass is 10.1. The maximum atomic E-state index is 12.4. The van der Waals surface area contributed by atoms with Crippen LogP contribution in [0.2, 0.25) is 0 Å². The Balaban J connectivity index is 2.09. The Bertz CT molecular complexity index is 830. The highest BCUT2D eigenvalue weighted by molar-refractivity contribution is 7.86. The van der Waals surface area contributed by atoms with Crippen LogP contribution in [0.3, 0.4) is 0 Å². The van der Waals surface area contributed by atoms with Gasteiger partial charge in [0.15, 0.2) is 5.65 Å². The van der Waals surface area contributed by atoms with Crippen LogP contribution in [-0.4, -0.2) is 47.5 Å². The highest BCUT2D eigenvalue weighted by atomic mass is 32.2. The fraction of sp³-hybridized carbons (Fsp3) is 0.667. The van der Waals surface area contributed by atoms with Crippen LogP contribution in [0.4, 0.5) is 5.95 Å². The van der Waals surface area contributed by atoms with E-state index in [1.54, 1.807) is 10.9 Å². The molecule has 23 heavy (non-hydrogen) atoms. The molecule has 0 radical (unpaired) electrons. The molecular formula is C15H23N5O2S. The highest BCUT2D eigenvalue weighted by Gasteiger charge is 2.34. The van der Waals surface area contributed by atoms with E-state index in [1.807, 2.05) is 39.5 Å². The number of rotatable bonds is 1. The van der Waals surface area contributed by atoms with E-state index in [9.17, 15) is 9.00 Å². The summed E-state index contributed by atoms with van der Waals surface area (Å²) < 4.78 is 13.5. The zero-order valence-electron chi connectivity index (χ0n) is 14.2. The summed E-state index contributed by atoms with van der Waals surface area (Å²) in [5, 5.41) is 4.81. The number of hydrogen-bond acceptors (Lipinski definition) is 5. The third kappa shape index (κ3) is 2.80. The van der Waals surface area contributed by atoms with Crippen molar-refractivity contribution in [3.8, 4) is 0 Å². The van der Waals surface area contributed by atoms with Crippen LogP contribution in [-0.2, 0) is 16.3 Å². The van der Waals surface area contributed by atoms with Crippen molar-refractivity contribution in [2.45, 2.75) is 44.9 Å². The van der Waals surface area contributed by atoms with Gasteiger partial charge < -0.3 is 4.90 Å². The Morgan fingerprint density at radius 3 is 2.65 bits per heavy atom. The molecule has 2 aromatic rings. The van der Waals surface area contributed by atoms with Gasteiger partial charge in [0.05, 0.1) is 16.5 Å². The summed E-state index contributed by atoms with van der Waals surface area (Å²) in [6.07, 6.45) is 1.56. The van der Waals surface area contributed by atoms with E-state index in [1.165, 1.54) is 0 Å². The highest BCUT2D eigenvalue weighted by Crippen LogP contribution is 2.24. The summed E-state index contributed by atoms with van der Waals surface area (Å²) in [4.78, 5) is 21.9. The molecule has 1 N–H and O–H groups in total. The maximum Gasteiger partial charge on any atom is 0.263 e. The van der Waals surface area contributed by atoms with E-state index in [4.69, 9.17) is 0 Å². The topological polar surface area (TPSA) is 83.9 Å². The van der Waals surface area contributed by atoms with Crippen molar-refractivity contribution < 1.29 is 4.21 Å². The number of aromatic nitrogens is 4. The first-order chi connectivity index (χ1) is 10.6. The molecule has 0 spiro atoms. The molecule has 1 fully saturated rings. The van der Waals surface area contributed by atoms with Crippen LogP contribution >= 0.6 is 0 Å². The number of fused-ring (bicyclic) bond motifs is 1. The van der Waals surface area contributed by atoms with Crippen molar-refractivity contribution in [2.24, 2.45) is 0 Å². The Morgan fingerprint density at radius 2 is 2.04 bits per heavy atom. The van der Waals surface area contributed by atoms with Crippen molar-refractivity contribution in [2.75, 3.05) is 23.7 Å². The third-order valence-corrected chi connectivity index (χ3v) is 6.01. The predicted molar refractivity (Wildman–Crippen MR) is 92.4 cm³/mol. The zero-order chi connectivity index (χ0) is 17.0. The minimum atomic E-state index is -0.867. The largest absolute Gasteiger partial charge is 0.340 e. The van der Waals surface area contributed by atoms with Crippen LogP contribution < -0.4 is 10.5 Å². The SMILES string of the molecule is CC(C)(C)n1ncc2c(=O)[nH]c(N3CC[S@](=O)C(C)(C)C3)nc21. The van der Waals surface area contributed by atoms with Gasteiger partial charge in [-0.15, -0.1) is 0 Å². The minimum absolute atomic E-state index is 0.190. The summed E-state index contributed by atoms with van der Waals surface area (Å²) in [6.45, 7) is 11.2. The number of H-pyrrole nitrogens is 1. The molecule has 0 unspecified atom stereocenters. The second-order valence-electron chi connectivity index (χ2n) is 7.58. The summed E-state index contributed by atoms with van der Waals surface area (Å²) in [5.41, 5.74) is 0.133. The average molecular weight is 337 g/mol. The first kappa shape index (κ1) is 16.2. The maximum absolute atomic E-state index is 12.4. The molecule has 7 nitrogen and oxygen atoms in total. The molecule has 1 aliphatic heterocycles. The molecule has 0 aromatic carbocycles. The average Bonchev–Trinajstić information content (AvgIpc) is 2.86. The van der Waals surface area contributed by atoms with E-state index in [2.05, 4.69) is 15.1 Å². The van der Waals surface area contributed by atoms with Gasteiger partial charge in [-0.1, -0.05) is 0 Å². The van der Waals surface area contributed by atoms with Gasteiger partial charge in [-0.3, -0.25) is 14.0 Å². The van der Waals surface area contributed by atoms with E-state index in [0.717, 1.165) is 0 Å². The molecule has 0 amide bonds. The molecule has 8 heteroatoms. The van der Waals surface area contributed by atoms with Crippen LogP contribution in [0.1, 0.15) is 34.6 Å². The molecule has 1 aliphatic rings. The fourth-order valence-corrected chi connectivity index (χ4v) is 4.05. The number of aromatic amines is 1. The lowest BCUT2D eigenvalue weighted by Crippen LogP contribution is -2.51. The monoisotopic (exact) mass is 337 g/mol. The Morgan fingerprint density at radius 1 is 1.35 bits per heavy atom. The van der Waals surface area contributed by atoms with Crippen molar-refractivity contribution in [3.05, 3.63) is 16.6 Å². The molecule has 0 saturated carbocycles. The molecule has 3 rings (SSSR count). The quantitative estimate of drug-likeness (QED) is 0.846. The Kier molecular flexibility index (Phi) is 3.62.